The van der Waals surface area contributed by atoms with Gasteiger partial charge in [0.1, 0.15) is 0 Å². The van der Waals surface area contributed by atoms with Crippen molar-refractivity contribution < 1.29 is 0 Å². The van der Waals surface area contributed by atoms with Gasteiger partial charge in [-0.2, -0.15) is 0 Å². The van der Waals surface area contributed by atoms with Crippen LogP contribution in [-0.4, -0.2) is 6.54 Å². The standard InChI is InChI=1S/C10H24N2.4ClH/c1-2-3-4-5-6-7-8-9-10-12-11;;;;/h12H,2-11H2,1H3;4*1H. The van der Waals surface area contributed by atoms with Crippen LogP contribution in [0.15, 0.2) is 0 Å². The molecule has 0 unspecified atom stereocenters. The Hall–Kier alpha value is 1.08. The molecule has 0 saturated heterocycles. The van der Waals surface area contributed by atoms with Crippen LogP contribution in [0.2, 0.25) is 0 Å². The molecule has 106 valence electrons. The molecule has 0 bridgehead atoms. The summed E-state index contributed by atoms with van der Waals surface area (Å²) in [6, 6.07) is 0. The zero-order valence-corrected chi connectivity index (χ0v) is 13.3. The molecule has 0 spiro atoms. The van der Waals surface area contributed by atoms with E-state index in [2.05, 4.69) is 12.3 Å². The largest absolute Gasteiger partial charge is 0.271 e. The van der Waals surface area contributed by atoms with Gasteiger partial charge in [-0.3, -0.25) is 11.3 Å². The number of hydrazine groups is 1. The second kappa shape index (κ2) is 29.8. The Morgan fingerprint density at radius 1 is 0.688 bits per heavy atom. The lowest BCUT2D eigenvalue weighted by Gasteiger charge is -2.00. The fraction of sp³-hybridized carbons (Fsp3) is 1.00. The van der Waals surface area contributed by atoms with E-state index < -0.39 is 0 Å². The van der Waals surface area contributed by atoms with Gasteiger partial charge in [0.25, 0.3) is 0 Å². The molecule has 3 N–H and O–H groups in total. The molecule has 6 heteroatoms. The highest BCUT2D eigenvalue weighted by Crippen LogP contribution is 2.07. The highest BCUT2D eigenvalue weighted by Gasteiger charge is 1.89. The third kappa shape index (κ3) is 29.4. The van der Waals surface area contributed by atoms with Crippen molar-refractivity contribution in [2.24, 2.45) is 5.84 Å². The maximum absolute atomic E-state index is 5.16. The van der Waals surface area contributed by atoms with Gasteiger partial charge in [0.2, 0.25) is 0 Å². The molecule has 0 fully saturated rings. The summed E-state index contributed by atoms with van der Waals surface area (Å²) in [6.45, 7) is 3.22. The van der Waals surface area contributed by atoms with Crippen molar-refractivity contribution in [2.45, 2.75) is 58.3 Å². The highest BCUT2D eigenvalue weighted by molar-refractivity contribution is 5.86. The van der Waals surface area contributed by atoms with Gasteiger partial charge in [0.05, 0.1) is 0 Å². The number of halogens is 4. The zero-order chi connectivity index (χ0) is 9.07. The van der Waals surface area contributed by atoms with Crippen LogP contribution in [-0.2, 0) is 0 Å². The number of nitrogens with two attached hydrogens (primary N) is 1. The smallest absolute Gasteiger partial charge is 0.00974 e. The molecule has 0 heterocycles. The van der Waals surface area contributed by atoms with E-state index in [1.807, 2.05) is 0 Å². The van der Waals surface area contributed by atoms with Crippen molar-refractivity contribution in [2.75, 3.05) is 6.54 Å². The average molecular weight is 318 g/mol. The van der Waals surface area contributed by atoms with E-state index in [1.54, 1.807) is 0 Å². The first-order valence-electron chi connectivity index (χ1n) is 5.35. The van der Waals surface area contributed by atoms with Gasteiger partial charge in [0.15, 0.2) is 0 Å². The van der Waals surface area contributed by atoms with Gasteiger partial charge in [-0.15, -0.1) is 49.6 Å². The van der Waals surface area contributed by atoms with Crippen LogP contribution < -0.4 is 11.3 Å². The SMILES string of the molecule is CCCCCCCCCCNN.Cl.Cl.Cl.Cl. The highest BCUT2D eigenvalue weighted by atomic mass is 35.5. The molecular weight excluding hydrogens is 290 g/mol. The number of nitrogens with one attached hydrogen (secondary N) is 1. The normalized spacial score (nSPS) is 7.88. The van der Waals surface area contributed by atoms with Gasteiger partial charge < -0.3 is 0 Å². The minimum absolute atomic E-state index is 0. The summed E-state index contributed by atoms with van der Waals surface area (Å²) in [7, 11) is 0. The molecule has 0 aliphatic rings. The number of unbranched alkanes of at least 4 members (excludes halogenated alkanes) is 7. The number of hydrogen-bond donors (Lipinski definition) is 2. The van der Waals surface area contributed by atoms with Crippen LogP contribution in [0.5, 0.6) is 0 Å². The van der Waals surface area contributed by atoms with Crippen LogP contribution >= 0.6 is 49.6 Å². The van der Waals surface area contributed by atoms with E-state index in [1.165, 1.54) is 51.4 Å². The van der Waals surface area contributed by atoms with E-state index in [0.29, 0.717) is 0 Å². The van der Waals surface area contributed by atoms with E-state index in [-0.39, 0.29) is 49.6 Å². The van der Waals surface area contributed by atoms with E-state index in [9.17, 15) is 0 Å². The van der Waals surface area contributed by atoms with Gasteiger partial charge in [0, 0.05) is 6.54 Å². The van der Waals surface area contributed by atoms with Gasteiger partial charge in [-0.25, -0.2) is 0 Å². The lowest BCUT2D eigenvalue weighted by molar-refractivity contribution is 0.560. The maximum atomic E-state index is 5.16. The van der Waals surface area contributed by atoms with E-state index in [0.717, 1.165) is 6.54 Å². The second-order valence-corrected chi connectivity index (χ2v) is 3.43. The van der Waals surface area contributed by atoms with Crippen molar-refractivity contribution in [3.05, 3.63) is 0 Å². The molecule has 0 aliphatic carbocycles. The Morgan fingerprint density at radius 2 is 1.06 bits per heavy atom. The molecule has 0 rings (SSSR count). The molecule has 0 aromatic rings. The third-order valence-corrected chi connectivity index (χ3v) is 2.17. The summed E-state index contributed by atoms with van der Waals surface area (Å²) in [5.74, 6) is 5.16. The topological polar surface area (TPSA) is 38.0 Å². The summed E-state index contributed by atoms with van der Waals surface area (Å²) in [5, 5.41) is 0. The monoisotopic (exact) mass is 316 g/mol. The number of rotatable bonds is 9. The molecule has 0 aromatic heterocycles. The van der Waals surface area contributed by atoms with E-state index >= 15 is 0 Å². The Balaban J connectivity index is -0.000000101. The molecular formula is C10H28Cl4N2. The molecule has 0 radical (unpaired) electrons. The zero-order valence-electron chi connectivity index (χ0n) is 10.1. The Labute approximate surface area is 125 Å². The first-order chi connectivity index (χ1) is 5.91. The molecule has 0 aromatic carbocycles. The molecule has 0 atom stereocenters. The van der Waals surface area contributed by atoms with Crippen LogP contribution in [0, 0.1) is 0 Å². The summed E-state index contributed by atoms with van der Waals surface area (Å²) in [6.07, 6.45) is 10.9. The molecule has 16 heavy (non-hydrogen) atoms. The summed E-state index contributed by atoms with van der Waals surface area (Å²) in [5.41, 5.74) is 2.68. The lowest BCUT2D eigenvalue weighted by Crippen LogP contribution is -2.22. The van der Waals surface area contributed by atoms with Crippen molar-refractivity contribution in [3.63, 3.8) is 0 Å². The average Bonchev–Trinajstić information content (AvgIpc) is 2.10. The van der Waals surface area contributed by atoms with Gasteiger partial charge in [-0.1, -0.05) is 51.9 Å². The fourth-order valence-corrected chi connectivity index (χ4v) is 1.36. The molecule has 0 amide bonds. The van der Waals surface area contributed by atoms with Crippen LogP contribution in [0.4, 0.5) is 0 Å². The minimum Gasteiger partial charge on any atom is -0.271 e. The maximum Gasteiger partial charge on any atom is 0.00974 e. The van der Waals surface area contributed by atoms with E-state index in [4.69, 9.17) is 5.84 Å². The Bertz CT molecular complexity index is 77.2. The predicted octanol–water partition coefficient (Wildman–Crippen LogP) is 4.28. The Morgan fingerprint density at radius 3 is 1.44 bits per heavy atom. The summed E-state index contributed by atoms with van der Waals surface area (Å²) >= 11 is 0. The predicted molar refractivity (Wildman–Crippen MR) is 83.8 cm³/mol. The summed E-state index contributed by atoms with van der Waals surface area (Å²) in [4.78, 5) is 0. The number of hydrogen-bond acceptors (Lipinski definition) is 2. The van der Waals surface area contributed by atoms with Crippen molar-refractivity contribution in [1.82, 2.24) is 5.43 Å². The third-order valence-electron chi connectivity index (χ3n) is 2.17. The Kier molecular flexibility index (Phi) is 56.3. The van der Waals surface area contributed by atoms with Crippen LogP contribution in [0.1, 0.15) is 58.3 Å². The minimum atomic E-state index is 0. The quantitative estimate of drug-likeness (QED) is 0.378. The molecule has 0 aliphatic heterocycles. The summed E-state index contributed by atoms with van der Waals surface area (Å²) < 4.78 is 0. The van der Waals surface area contributed by atoms with Crippen LogP contribution in [0.25, 0.3) is 0 Å². The van der Waals surface area contributed by atoms with Crippen molar-refractivity contribution in [1.29, 1.82) is 0 Å². The first-order valence-corrected chi connectivity index (χ1v) is 5.35. The van der Waals surface area contributed by atoms with Gasteiger partial charge in [-0.05, 0) is 6.42 Å². The second-order valence-electron chi connectivity index (χ2n) is 3.43. The lowest BCUT2D eigenvalue weighted by atomic mass is 10.1. The van der Waals surface area contributed by atoms with Crippen molar-refractivity contribution in [3.8, 4) is 0 Å². The van der Waals surface area contributed by atoms with Gasteiger partial charge >= 0.3 is 0 Å². The molecule has 2 nitrogen and oxygen atoms in total. The van der Waals surface area contributed by atoms with Crippen LogP contribution in [0.3, 0.4) is 0 Å². The van der Waals surface area contributed by atoms with Crippen molar-refractivity contribution >= 4 is 49.6 Å². The fourth-order valence-electron chi connectivity index (χ4n) is 1.36. The first kappa shape index (κ1) is 30.3. The molecule has 0 saturated carbocycles.